The Balaban J connectivity index is 1.46. The Hall–Kier alpha value is -3.55. The predicted molar refractivity (Wildman–Crippen MR) is 105 cm³/mol. The van der Waals surface area contributed by atoms with E-state index in [0.29, 0.717) is 5.69 Å². The molecule has 3 aromatic rings. The highest BCUT2D eigenvalue weighted by Crippen LogP contribution is 2.49. The Kier molecular flexibility index (Phi) is 4.73. The Labute approximate surface area is 187 Å². The summed E-state index contributed by atoms with van der Waals surface area (Å²) < 4.78 is 109. The van der Waals surface area contributed by atoms with E-state index in [1.807, 2.05) is 4.90 Å². The fourth-order valence-electron chi connectivity index (χ4n) is 3.45. The monoisotopic (exact) mass is 504 g/mol. The van der Waals surface area contributed by atoms with E-state index < -0.39 is 56.1 Å². The van der Waals surface area contributed by atoms with Gasteiger partial charge in [0.25, 0.3) is 10.0 Å². The first-order valence-electron chi connectivity index (χ1n) is 9.70. The van der Waals surface area contributed by atoms with Crippen molar-refractivity contribution in [2.45, 2.75) is 23.5 Å². The second-order valence-corrected chi connectivity index (χ2v) is 9.20. The van der Waals surface area contributed by atoms with Crippen LogP contribution in [-0.2, 0) is 10.0 Å². The predicted octanol–water partition coefficient (Wildman–Crippen LogP) is 3.86. The number of anilines is 1. The molecule has 0 atom stereocenters. The van der Waals surface area contributed by atoms with Crippen LogP contribution in [-0.4, -0.2) is 39.6 Å². The summed E-state index contributed by atoms with van der Waals surface area (Å²) in [6.07, 6.45) is -9.30. The van der Waals surface area contributed by atoms with Gasteiger partial charge in [-0.2, -0.15) is 17.6 Å². The molecule has 1 saturated heterocycles. The van der Waals surface area contributed by atoms with Gasteiger partial charge in [-0.3, -0.25) is 4.79 Å². The number of hydrogen-bond acceptors (Lipinski definition) is 7. The van der Waals surface area contributed by atoms with Crippen LogP contribution in [0.3, 0.4) is 0 Å². The molecule has 0 unspecified atom stereocenters. The number of carbonyl (C=O) groups excluding carboxylic acids is 1. The highest BCUT2D eigenvalue weighted by atomic mass is 32.2. The summed E-state index contributed by atoms with van der Waals surface area (Å²) in [6.45, 7) is 1.44. The van der Waals surface area contributed by atoms with E-state index in [9.17, 15) is 35.2 Å². The van der Waals surface area contributed by atoms with Crippen molar-refractivity contribution in [2.75, 3.05) is 18.0 Å². The van der Waals surface area contributed by atoms with Gasteiger partial charge in [0.05, 0.1) is 5.39 Å². The summed E-state index contributed by atoms with van der Waals surface area (Å²) in [4.78, 5) is 13.4. The minimum absolute atomic E-state index is 0.0138. The maximum atomic E-state index is 14.5. The number of nitrogens with zero attached hydrogens (tertiary/aromatic N) is 1. The van der Waals surface area contributed by atoms with Gasteiger partial charge in [-0.15, -0.1) is 0 Å². The molecule has 2 aromatic carbocycles. The van der Waals surface area contributed by atoms with E-state index in [4.69, 9.17) is 4.42 Å². The molecule has 2 aliphatic heterocycles. The number of sulfonamides is 1. The second kappa shape index (κ2) is 7.22. The first-order valence-corrected chi connectivity index (χ1v) is 11.2. The number of hydrogen-bond donors (Lipinski definition) is 1. The summed E-state index contributed by atoms with van der Waals surface area (Å²) >= 11 is 0. The van der Waals surface area contributed by atoms with Gasteiger partial charge in [-0.25, -0.2) is 17.5 Å². The molecule has 0 saturated carbocycles. The lowest BCUT2D eigenvalue weighted by Gasteiger charge is -2.33. The van der Waals surface area contributed by atoms with Crippen LogP contribution in [0.4, 0.5) is 27.6 Å². The topological polar surface area (TPSA) is 98.1 Å². The van der Waals surface area contributed by atoms with Gasteiger partial charge in [0.2, 0.25) is 0 Å². The van der Waals surface area contributed by atoms with Crippen molar-refractivity contribution in [2.24, 2.45) is 0 Å². The SMILES string of the molecule is O=C(NS(=O)(=O)c1cccc2c1OC(F)(F)C(F)(F)O2)c1cc2c(F)cc(N3CCC3)cc2o1. The number of fused-ring (bicyclic) bond motifs is 2. The molecular weight excluding hydrogens is 491 g/mol. The average molecular weight is 504 g/mol. The van der Waals surface area contributed by atoms with Gasteiger partial charge in [-0.1, -0.05) is 6.07 Å². The van der Waals surface area contributed by atoms with E-state index in [-0.39, 0.29) is 11.0 Å². The fourth-order valence-corrected chi connectivity index (χ4v) is 4.55. The zero-order valence-electron chi connectivity index (χ0n) is 16.8. The van der Waals surface area contributed by atoms with Crippen molar-refractivity contribution in [3.63, 3.8) is 0 Å². The van der Waals surface area contributed by atoms with Crippen molar-refractivity contribution in [1.29, 1.82) is 0 Å². The zero-order valence-corrected chi connectivity index (χ0v) is 17.6. The molecule has 0 spiro atoms. The van der Waals surface area contributed by atoms with Crippen LogP contribution in [0.1, 0.15) is 17.0 Å². The maximum absolute atomic E-state index is 14.5. The highest BCUT2D eigenvalue weighted by molar-refractivity contribution is 7.90. The third-order valence-electron chi connectivity index (χ3n) is 5.28. The number of ether oxygens (including phenoxy) is 2. The molecule has 180 valence electrons. The molecule has 34 heavy (non-hydrogen) atoms. The van der Waals surface area contributed by atoms with Crippen LogP contribution in [0, 0.1) is 5.82 Å². The van der Waals surface area contributed by atoms with Gasteiger partial charge in [-0.05, 0) is 24.6 Å². The standard InChI is InChI=1S/C20H13F5N2O6S/c21-12-7-10(27-5-2-6-27)8-14-11(12)9-15(31-14)18(28)26-34(29,30)16-4-1-3-13-17(16)33-20(24,25)19(22,23)32-13/h1,3-4,7-9H,2,5-6H2,(H,26,28). The van der Waals surface area contributed by atoms with Crippen LogP contribution in [0.25, 0.3) is 11.0 Å². The van der Waals surface area contributed by atoms with Gasteiger partial charge < -0.3 is 18.8 Å². The number of halogens is 5. The Morgan fingerprint density at radius 1 is 1.03 bits per heavy atom. The first-order chi connectivity index (χ1) is 15.9. The van der Waals surface area contributed by atoms with E-state index in [2.05, 4.69) is 9.47 Å². The van der Waals surface area contributed by atoms with Crippen LogP contribution in [0.5, 0.6) is 11.5 Å². The third kappa shape index (κ3) is 3.48. The van der Waals surface area contributed by atoms with Gasteiger partial charge in [0, 0.05) is 30.9 Å². The first kappa shape index (κ1) is 22.3. The molecule has 0 bridgehead atoms. The van der Waals surface area contributed by atoms with E-state index >= 15 is 0 Å². The number of benzene rings is 2. The molecule has 3 heterocycles. The van der Waals surface area contributed by atoms with Crippen LogP contribution in [0.2, 0.25) is 0 Å². The summed E-state index contributed by atoms with van der Waals surface area (Å²) in [6, 6.07) is 6.17. The summed E-state index contributed by atoms with van der Waals surface area (Å²) in [7, 11) is -4.95. The maximum Gasteiger partial charge on any atom is 0.507 e. The van der Waals surface area contributed by atoms with Gasteiger partial charge >= 0.3 is 18.1 Å². The van der Waals surface area contributed by atoms with Crippen molar-refractivity contribution in [3.8, 4) is 11.5 Å². The molecule has 0 radical (unpaired) electrons. The molecule has 1 fully saturated rings. The summed E-state index contributed by atoms with van der Waals surface area (Å²) in [5.74, 6) is -4.83. The van der Waals surface area contributed by atoms with Crippen LogP contribution in [0.15, 0.2) is 45.7 Å². The molecule has 1 N–H and O–H groups in total. The Morgan fingerprint density at radius 2 is 1.74 bits per heavy atom. The largest absolute Gasteiger partial charge is 0.507 e. The van der Waals surface area contributed by atoms with Crippen molar-refractivity contribution < 1.29 is 49.1 Å². The van der Waals surface area contributed by atoms with Gasteiger partial charge in [0.1, 0.15) is 16.3 Å². The number of para-hydroxylation sites is 1. The lowest BCUT2D eigenvalue weighted by Crippen LogP contribution is -2.52. The minimum atomic E-state index is -5.18. The van der Waals surface area contributed by atoms with Crippen LogP contribution >= 0.6 is 0 Å². The number of rotatable bonds is 4. The number of carbonyl (C=O) groups is 1. The highest BCUT2D eigenvalue weighted by Gasteiger charge is 2.66. The van der Waals surface area contributed by atoms with Crippen LogP contribution < -0.4 is 19.1 Å². The average Bonchev–Trinajstić information content (AvgIpc) is 3.11. The molecule has 1 aromatic heterocycles. The number of amides is 1. The molecular formula is C20H13F5N2O6S. The third-order valence-corrected chi connectivity index (χ3v) is 6.64. The molecule has 14 heteroatoms. The van der Waals surface area contributed by atoms with Crippen molar-refractivity contribution >= 4 is 32.6 Å². The van der Waals surface area contributed by atoms with E-state index in [0.717, 1.165) is 43.8 Å². The normalized spacial score (nSPS) is 18.4. The quantitative estimate of drug-likeness (QED) is 0.539. The Morgan fingerprint density at radius 3 is 2.41 bits per heavy atom. The summed E-state index contributed by atoms with van der Waals surface area (Å²) in [5, 5.41) is -0.0810. The molecule has 2 aliphatic rings. The molecule has 1 amide bonds. The summed E-state index contributed by atoms with van der Waals surface area (Å²) in [5.41, 5.74) is 0.510. The number of alkyl halides is 4. The number of nitrogens with one attached hydrogen (secondary N) is 1. The van der Waals surface area contributed by atoms with Crippen molar-refractivity contribution in [1.82, 2.24) is 4.72 Å². The fraction of sp³-hybridized carbons (Fsp3) is 0.250. The molecule has 5 rings (SSSR count). The second-order valence-electron chi connectivity index (χ2n) is 7.55. The molecule has 8 nitrogen and oxygen atoms in total. The smallest absolute Gasteiger partial charge is 0.451 e. The lowest BCUT2D eigenvalue weighted by molar-refractivity contribution is -0.392. The molecule has 0 aliphatic carbocycles. The Bertz CT molecular complexity index is 1430. The van der Waals surface area contributed by atoms with E-state index in [1.165, 1.54) is 12.1 Å². The lowest BCUT2D eigenvalue weighted by atomic mass is 10.1. The van der Waals surface area contributed by atoms with E-state index in [1.54, 1.807) is 4.72 Å². The number of furan rings is 1. The zero-order chi connectivity index (χ0) is 24.5. The minimum Gasteiger partial charge on any atom is -0.451 e. The van der Waals surface area contributed by atoms with Crippen molar-refractivity contribution in [3.05, 3.63) is 48.0 Å². The van der Waals surface area contributed by atoms with Gasteiger partial charge in [0.15, 0.2) is 17.3 Å².